The zero-order valence-corrected chi connectivity index (χ0v) is 14.3. The summed E-state index contributed by atoms with van der Waals surface area (Å²) in [6.45, 7) is 5.77. The van der Waals surface area contributed by atoms with E-state index in [0.717, 1.165) is 0 Å². The zero-order chi connectivity index (χ0) is 17.7. The van der Waals surface area contributed by atoms with E-state index < -0.39 is 17.9 Å². The molecule has 0 bridgehead atoms. The van der Waals surface area contributed by atoms with Crippen molar-refractivity contribution in [3.8, 4) is 6.07 Å². The van der Waals surface area contributed by atoms with Crippen molar-refractivity contribution < 1.29 is 14.3 Å². The quantitative estimate of drug-likeness (QED) is 0.904. The summed E-state index contributed by atoms with van der Waals surface area (Å²) in [6.07, 6.45) is -0.0508. The van der Waals surface area contributed by atoms with Crippen molar-refractivity contribution in [2.45, 2.75) is 45.4 Å². The lowest BCUT2D eigenvalue weighted by Crippen LogP contribution is -2.55. The Morgan fingerprint density at radius 2 is 1.96 bits per heavy atom. The highest BCUT2D eigenvalue weighted by Gasteiger charge is 2.35. The molecule has 6 nitrogen and oxygen atoms in total. The van der Waals surface area contributed by atoms with Crippen LogP contribution in [0, 0.1) is 17.2 Å². The number of nitrogens with one attached hydrogen (secondary N) is 1. The molecular formula is C18H23N3O3. The molecule has 2 atom stereocenters. The van der Waals surface area contributed by atoms with Crippen LogP contribution < -0.4 is 5.32 Å². The van der Waals surface area contributed by atoms with Crippen LogP contribution in [-0.4, -0.2) is 35.2 Å². The van der Waals surface area contributed by atoms with Crippen molar-refractivity contribution in [1.82, 2.24) is 10.2 Å². The minimum atomic E-state index is -0.614. The number of amides is 2. The molecule has 24 heavy (non-hydrogen) atoms. The summed E-state index contributed by atoms with van der Waals surface area (Å²) in [5.74, 6) is -0.461. The highest BCUT2D eigenvalue weighted by atomic mass is 16.6. The number of likely N-dealkylation sites (tertiary alicyclic amines) is 1. The molecule has 1 fully saturated rings. The molecule has 1 saturated heterocycles. The summed E-state index contributed by atoms with van der Waals surface area (Å²) in [4.78, 5) is 26.3. The Labute approximate surface area is 142 Å². The average Bonchev–Trinajstić information content (AvgIpc) is 2.53. The minimum absolute atomic E-state index is 0.190. The number of hydrogen-bond acceptors (Lipinski definition) is 4. The number of nitriles is 1. The number of piperidine rings is 1. The van der Waals surface area contributed by atoms with E-state index in [1.54, 1.807) is 45.0 Å². The van der Waals surface area contributed by atoms with E-state index >= 15 is 0 Å². The lowest BCUT2D eigenvalue weighted by molar-refractivity contribution is 0.00293. The highest BCUT2D eigenvalue weighted by molar-refractivity contribution is 5.94. The minimum Gasteiger partial charge on any atom is -0.444 e. The third kappa shape index (κ3) is 4.72. The molecule has 2 amide bonds. The molecule has 1 aromatic rings. The van der Waals surface area contributed by atoms with Gasteiger partial charge in [-0.25, -0.2) is 4.79 Å². The number of nitrogens with zero attached hydrogens (tertiary/aromatic N) is 2. The van der Waals surface area contributed by atoms with Crippen molar-refractivity contribution in [2.24, 2.45) is 5.92 Å². The molecule has 6 heteroatoms. The summed E-state index contributed by atoms with van der Waals surface area (Å²) in [5, 5.41) is 12.0. The fourth-order valence-electron chi connectivity index (χ4n) is 2.58. The molecule has 0 saturated carbocycles. The summed E-state index contributed by atoms with van der Waals surface area (Å²) in [6, 6.07) is 11.0. The van der Waals surface area contributed by atoms with Crippen LogP contribution in [0.25, 0.3) is 0 Å². The number of carbonyl (C=O) groups excluding carboxylic acids is 2. The van der Waals surface area contributed by atoms with Crippen molar-refractivity contribution in [1.29, 1.82) is 5.26 Å². The first-order valence-electron chi connectivity index (χ1n) is 8.05. The van der Waals surface area contributed by atoms with Crippen LogP contribution in [0.3, 0.4) is 0 Å². The molecule has 0 spiro atoms. The number of ether oxygens (including phenoxy) is 1. The van der Waals surface area contributed by atoms with Gasteiger partial charge in [-0.2, -0.15) is 5.26 Å². The van der Waals surface area contributed by atoms with E-state index in [1.807, 2.05) is 6.07 Å². The summed E-state index contributed by atoms with van der Waals surface area (Å²) in [5.41, 5.74) is -0.0994. The Morgan fingerprint density at radius 1 is 1.29 bits per heavy atom. The van der Waals surface area contributed by atoms with Gasteiger partial charge in [0, 0.05) is 18.5 Å². The lowest BCUT2D eigenvalue weighted by Gasteiger charge is -2.38. The monoisotopic (exact) mass is 329 g/mol. The summed E-state index contributed by atoms with van der Waals surface area (Å²) in [7, 11) is 0. The van der Waals surface area contributed by atoms with Gasteiger partial charge in [0.2, 0.25) is 0 Å². The average molecular weight is 329 g/mol. The smallest absolute Gasteiger partial charge is 0.411 e. The first-order valence-corrected chi connectivity index (χ1v) is 8.05. The largest absolute Gasteiger partial charge is 0.444 e. The zero-order valence-electron chi connectivity index (χ0n) is 14.3. The van der Waals surface area contributed by atoms with E-state index in [0.29, 0.717) is 24.9 Å². The van der Waals surface area contributed by atoms with E-state index in [2.05, 4.69) is 11.4 Å². The number of hydrogen-bond donors (Lipinski definition) is 1. The Balaban J connectivity index is 2.12. The van der Waals surface area contributed by atoms with Gasteiger partial charge in [0.05, 0.1) is 12.0 Å². The Morgan fingerprint density at radius 3 is 2.54 bits per heavy atom. The third-order valence-electron chi connectivity index (χ3n) is 3.75. The molecule has 128 valence electrons. The second-order valence-electron chi connectivity index (χ2n) is 6.88. The standard InChI is InChI=1S/C18H23N3O3/c1-18(2,3)24-17(23)21-10-9-13(12-19)11-15(21)20-16(22)14-7-5-4-6-8-14/h4-8,13,15H,9-11H2,1-3H3,(H,20,22). The molecule has 1 aliphatic rings. The van der Waals surface area contributed by atoms with Gasteiger partial charge in [0.25, 0.3) is 5.91 Å². The molecule has 0 aromatic heterocycles. The predicted octanol–water partition coefficient (Wildman–Crippen LogP) is 2.91. The van der Waals surface area contributed by atoms with Gasteiger partial charge in [0.1, 0.15) is 11.8 Å². The van der Waals surface area contributed by atoms with Crippen LogP contribution in [-0.2, 0) is 4.74 Å². The van der Waals surface area contributed by atoms with Crippen molar-refractivity contribution in [3.63, 3.8) is 0 Å². The first-order chi connectivity index (χ1) is 11.3. The lowest BCUT2D eigenvalue weighted by atomic mass is 9.96. The molecule has 0 radical (unpaired) electrons. The van der Waals surface area contributed by atoms with Gasteiger partial charge in [-0.3, -0.25) is 9.69 Å². The van der Waals surface area contributed by atoms with Crippen molar-refractivity contribution in [2.75, 3.05) is 6.54 Å². The Bertz CT molecular complexity index is 631. The summed E-state index contributed by atoms with van der Waals surface area (Å²) < 4.78 is 5.42. The van der Waals surface area contributed by atoms with E-state index in [9.17, 15) is 14.9 Å². The molecule has 0 aliphatic carbocycles. The number of benzene rings is 1. The van der Waals surface area contributed by atoms with Gasteiger partial charge >= 0.3 is 6.09 Å². The molecular weight excluding hydrogens is 306 g/mol. The Hall–Kier alpha value is -2.55. The van der Waals surface area contributed by atoms with Gasteiger partial charge < -0.3 is 10.1 Å². The van der Waals surface area contributed by atoms with Gasteiger partial charge in [-0.05, 0) is 39.3 Å². The second-order valence-corrected chi connectivity index (χ2v) is 6.88. The van der Waals surface area contributed by atoms with Crippen LogP contribution in [0.15, 0.2) is 30.3 Å². The maximum Gasteiger partial charge on any atom is 0.411 e. The molecule has 2 rings (SSSR count). The SMILES string of the molecule is CC(C)(C)OC(=O)N1CCC(C#N)CC1NC(=O)c1ccccc1. The third-order valence-corrected chi connectivity index (χ3v) is 3.75. The van der Waals surface area contributed by atoms with Gasteiger partial charge in [-0.15, -0.1) is 0 Å². The van der Waals surface area contributed by atoms with Crippen LogP contribution in [0.4, 0.5) is 4.79 Å². The molecule has 1 heterocycles. The van der Waals surface area contributed by atoms with Gasteiger partial charge in [0.15, 0.2) is 0 Å². The maximum atomic E-state index is 12.4. The van der Waals surface area contributed by atoms with Crippen LogP contribution in [0.2, 0.25) is 0 Å². The van der Waals surface area contributed by atoms with Crippen LogP contribution in [0.5, 0.6) is 0 Å². The molecule has 1 N–H and O–H groups in total. The first kappa shape index (κ1) is 17.8. The van der Waals surface area contributed by atoms with E-state index in [4.69, 9.17) is 4.74 Å². The van der Waals surface area contributed by atoms with Crippen LogP contribution >= 0.6 is 0 Å². The molecule has 1 aromatic carbocycles. The molecule has 2 unspecified atom stereocenters. The highest BCUT2D eigenvalue weighted by Crippen LogP contribution is 2.23. The van der Waals surface area contributed by atoms with Crippen molar-refractivity contribution >= 4 is 12.0 Å². The maximum absolute atomic E-state index is 12.4. The number of rotatable bonds is 2. The fraction of sp³-hybridized carbons (Fsp3) is 0.500. The second kappa shape index (κ2) is 7.35. The fourth-order valence-corrected chi connectivity index (χ4v) is 2.58. The van der Waals surface area contributed by atoms with Gasteiger partial charge in [-0.1, -0.05) is 18.2 Å². The number of carbonyl (C=O) groups is 2. The normalized spacial score (nSPS) is 20.8. The van der Waals surface area contributed by atoms with E-state index in [1.165, 1.54) is 4.90 Å². The predicted molar refractivity (Wildman–Crippen MR) is 89.0 cm³/mol. The van der Waals surface area contributed by atoms with E-state index in [-0.39, 0.29) is 11.8 Å². The molecule has 1 aliphatic heterocycles. The van der Waals surface area contributed by atoms with Crippen LogP contribution in [0.1, 0.15) is 44.0 Å². The topological polar surface area (TPSA) is 82.4 Å². The Kier molecular flexibility index (Phi) is 5.45. The summed E-state index contributed by atoms with van der Waals surface area (Å²) >= 11 is 0. The van der Waals surface area contributed by atoms with Crippen molar-refractivity contribution in [3.05, 3.63) is 35.9 Å².